The molecule has 2 aromatic carbocycles. The molecule has 4 atom stereocenters. The van der Waals surface area contributed by atoms with Crippen LogP contribution >= 0.6 is 21.6 Å². The topological polar surface area (TPSA) is 92.3 Å². The van der Waals surface area contributed by atoms with Gasteiger partial charge in [-0.2, -0.15) is 0 Å². The van der Waals surface area contributed by atoms with Gasteiger partial charge in [0.05, 0.1) is 9.79 Å². The van der Waals surface area contributed by atoms with E-state index in [2.05, 4.69) is 23.3 Å². The molecule has 0 spiro atoms. The van der Waals surface area contributed by atoms with Crippen LogP contribution in [-0.2, 0) is 20.0 Å². The molecule has 36 heavy (non-hydrogen) atoms. The monoisotopic (exact) mass is 572 g/mol. The van der Waals surface area contributed by atoms with Gasteiger partial charge in [0.1, 0.15) is 0 Å². The Balaban J connectivity index is 2.10. The number of hydrogen-bond acceptors (Lipinski definition) is 6. The van der Waals surface area contributed by atoms with Crippen LogP contribution in [0.2, 0.25) is 0 Å². The van der Waals surface area contributed by atoms with Gasteiger partial charge in [-0.1, -0.05) is 84.7 Å². The maximum atomic E-state index is 13.0. The van der Waals surface area contributed by atoms with E-state index in [-0.39, 0.29) is 32.4 Å². The standard InChI is InChI=1S/C26H40N2O4S4/c1-7-23(27-35(29,30)21-15-11-19(5)12-16-21)25(9-3)33-34-26(10-4)24(8-2)28-36(31,32)22-17-13-20(6)14-18-22/h11-18,23-28H,7-10H2,1-6H3/t23-,24?,25-,26?/m1/s1. The Kier molecular flexibility index (Phi) is 12.3. The van der Waals surface area contributed by atoms with Crippen molar-refractivity contribution in [3.8, 4) is 0 Å². The van der Waals surface area contributed by atoms with Crippen LogP contribution in [0.1, 0.15) is 64.5 Å². The Bertz CT molecular complexity index is 1060. The van der Waals surface area contributed by atoms with E-state index >= 15 is 0 Å². The van der Waals surface area contributed by atoms with Gasteiger partial charge in [0.2, 0.25) is 20.0 Å². The summed E-state index contributed by atoms with van der Waals surface area (Å²) >= 11 is 0. The molecule has 2 aromatic rings. The Hall–Kier alpha value is -1.04. The van der Waals surface area contributed by atoms with Gasteiger partial charge in [0.15, 0.2) is 0 Å². The summed E-state index contributed by atoms with van der Waals surface area (Å²) in [5.74, 6) is 0. The average molecular weight is 573 g/mol. The van der Waals surface area contributed by atoms with Crippen molar-refractivity contribution in [2.75, 3.05) is 0 Å². The lowest BCUT2D eigenvalue weighted by atomic mass is 10.1. The highest BCUT2D eigenvalue weighted by molar-refractivity contribution is 8.77. The molecule has 0 aliphatic heterocycles. The number of sulfonamides is 2. The van der Waals surface area contributed by atoms with Crippen LogP contribution in [0.5, 0.6) is 0 Å². The highest BCUT2D eigenvalue weighted by Gasteiger charge is 2.30. The van der Waals surface area contributed by atoms with Crippen LogP contribution in [0.15, 0.2) is 58.3 Å². The van der Waals surface area contributed by atoms with Crippen molar-refractivity contribution in [3.63, 3.8) is 0 Å². The summed E-state index contributed by atoms with van der Waals surface area (Å²) < 4.78 is 57.8. The molecule has 0 fully saturated rings. The minimum absolute atomic E-state index is 0.0421. The van der Waals surface area contributed by atoms with Gasteiger partial charge in [-0.3, -0.25) is 0 Å². The fourth-order valence-corrected chi connectivity index (χ4v) is 10.5. The molecule has 6 nitrogen and oxygen atoms in total. The van der Waals surface area contributed by atoms with Crippen molar-refractivity contribution in [2.45, 2.75) is 99.6 Å². The van der Waals surface area contributed by atoms with Gasteiger partial charge in [-0.05, 0) is 63.8 Å². The van der Waals surface area contributed by atoms with Crippen LogP contribution in [0.3, 0.4) is 0 Å². The van der Waals surface area contributed by atoms with Crippen molar-refractivity contribution in [2.24, 2.45) is 0 Å². The van der Waals surface area contributed by atoms with Gasteiger partial charge in [-0.25, -0.2) is 26.3 Å². The van der Waals surface area contributed by atoms with E-state index in [0.717, 1.165) is 24.0 Å². The molecule has 2 N–H and O–H groups in total. The number of aryl methyl sites for hydroxylation is 2. The van der Waals surface area contributed by atoms with Crippen LogP contribution in [0, 0.1) is 13.8 Å². The third-order valence-electron chi connectivity index (χ3n) is 6.16. The number of rotatable bonds is 15. The van der Waals surface area contributed by atoms with Crippen LogP contribution in [-0.4, -0.2) is 39.4 Å². The van der Waals surface area contributed by atoms with E-state index in [1.165, 1.54) is 0 Å². The summed E-state index contributed by atoms with van der Waals surface area (Å²) in [7, 11) is -3.97. The van der Waals surface area contributed by atoms with E-state index in [1.807, 2.05) is 27.7 Å². The fraction of sp³-hybridized carbons (Fsp3) is 0.538. The Morgan fingerprint density at radius 2 is 0.889 bits per heavy atom. The predicted octanol–water partition coefficient (Wildman–Crippen LogP) is 6.06. The second-order valence-corrected chi connectivity index (χ2v) is 15.2. The lowest BCUT2D eigenvalue weighted by Gasteiger charge is -2.29. The maximum Gasteiger partial charge on any atom is 0.240 e. The number of benzene rings is 2. The second-order valence-electron chi connectivity index (χ2n) is 8.98. The summed E-state index contributed by atoms with van der Waals surface area (Å²) in [6.07, 6.45) is 2.89. The zero-order valence-electron chi connectivity index (χ0n) is 22.0. The number of nitrogens with one attached hydrogen (secondary N) is 2. The summed E-state index contributed by atoms with van der Waals surface area (Å²) in [5, 5.41) is 0.0842. The highest BCUT2D eigenvalue weighted by Crippen LogP contribution is 2.38. The molecule has 0 amide bonds. The molecule has 2 unspecified atom stereocenters. The van der Waals surface area contributed by atoms with Crippen LogP contribution < -0.4 is 9.44 Å². The zero-order valence-corrected chi connectivity index (χ0v) is 25.3. The fourth-order valence-electron chi connectivity index (χ4n) is 3.80. The molecule has 0 aliphatic rings. The molecule has 0 bridgehead atoms. The van der Waals surface area contributed by atoms with Crippen molar-refractivity contribution in [1.29, 1.82) is 0 Å². The van der Waals surface area contributed by atoms with Crippen LogP contribution in [0.25, 0.3) is 0 Å². The van der Waals surface area contributed by atoms with E-state index in [4.69, 9.17) is 0 Å². The normalized spacial score (nSPS) is 15.8. The minimum atomic E-state index is -3.63. The largest absolute Gasteiger partial charge is 0.240 e. The lowest BCUT2D eigenvalue weighted by Crippen LogP contribution is -2.42. The van der Waals surface area contributed by atoms with Gasteiger partial charge < -0.3 is 0 Å². The van der Waals surface area contributed by atoms with E-state index in [0.29, 0.717) is 12.8 Å². The zero-order chi connectivity index (χ0) is 26.9. The molecular weight excluding hydrogens is 533 g/mol. The smallest absolute Gasteiger partial charge is 0.207 e. The van der Waals surface area contributed by atoms with Gasteiger partial charge in [0.25, 0.3) is 0 Å². The van der Waals surface area contributed by atoms with Crippen LogP contribution in [0.4, 0.5) is 0 Å². The third-order valence-corrected chi connectivity index (χ3v) is 12.9. The van der Waals surface area contributed by atoms with E-state index in [1.54, 1.807) is 70.1 Å². The SMILES string of the molecule is CCC(NS(=O)(=O)c1ccc(C)cc1)C(CC)SS[C@H](CC)[C@@H](CC)NS(=O)(=O)c1ccc(C)cc1. The summed E-state index contributed by atoms with van der Waals surface area (Å²) in [6.45, 7) is 11.9. The molecule has 10 heteroatoms. The molecule has 2 rings (SSSR count). The summed E-state index contributed by atoms with van der Waals surface area (Å²) in [5.41, 5.74) is 2.02. The molecule has 0 saturated heterocycles. The van der Waals surface area contributed by atoms with Crippen molar-refractivity contribution < 1.29 is 16.8 Å². The summed E-state index contributed by atoms with van der Waals surface area (Å²) in [4.78, 5) is 0.532. The quantitative estimate of drug-likeness (QED) is 0.252. The Morgan fingerprint density at radius 3 is 1.14 bits per heavy atom. The molecule has 0 aliphatic carbocycles. The predicted molar refractivity (Wildman–Crippen MR) is 154 cm³/mol. The first-order valence-corrected chi connectivity index (χ1v) is 17.7. The van der Waals surface area contributed by atoms with Gasteiger partial charge in [-0.15, -0.1) is 0 Å². The first kappa shape index (κ1) is 31.2. The highest BCUT2D eigenvalue weighted by atomic mass is 33.1. The van der Waals surface area contributed by atoms with E-state index in [9.17, 15) is 16.8 Å². The summed E-state index contributed by atoms with van der Waals surface area (Å²) in [6, 6.07) is 13.2. The molecular formula is C26H40N2O4S4. The first-order valence-electron chi connectivity index (χ1n) is 12.5. The van der Waals surface area contributed by atoms with Crippen molar-refractivity contribution in [1.82, 2.24) is 9.44 Å². The minimum Gasteiger partial charge on any atom is -0.207 e. The molecule has 0 aromatic heterocycles. The molecule has 0 saturated carbocycles. The van der Waals surface area contributed by atoms with Gasteiger partial charge in [0, 0.05) is 22.6 Å². The van der Waals surface area contributed by atoms with Crippen molar-refractivity contribution >= 4 is 41.6 Å². The van der Waals surface area contributed by atoms with Gasteiger partial charge >= 0.3 is 0 Å². The third kappa shape index (κ3) is 8.77. The molecule has 0 radical (unpaired) electrons. The Labute approximate surface area is 226 Å². The molecule has 202 valence electrons. The second kappa shape index (κ2) is 14.2. The molecule has 0 heterocycles. The Morgan fingerprint density at radius 1 is 0.583 bits per heavy atom. The average Bonchev–Trinajstić information content (AvgIpc) is 2.85. The van der Waals surface area contributed by atoms with Crippen molar-refractivity contribution in [3.05, 3.63) is 59.7 Å². The maximum absolute atomic E-state index is 13.0. The first-order chi connectivity index (χ1) is 17.0. The lowest BCUT2D eigenvalue weighted by molar-refractivity contribution is 0.519. The number of hydrogen-bond donors (Lipinski definition) is 2. The van der Waals surface area contributed by atoms with E-state index < -0.39 is 20.0 Å².